The van der Waals surface area contributed by atoms with Crippen LogP contribution in [0.2, 0.25) is 0 Å². The molecular weight excluding hydrogens is 360 g/mol. The fourth-order valence-corrected chi connectivity index (χ4v) is 2.92. The van der Waals surface area contributed by atoms with Gasteiger partial charge in [-0.3, -0.25) is 4.79 Å². The largest absolute Gasteiger partial charge is 0.493 e. The summed E-state index contributed by atoms with van der Waals surface area (Å²) in [5, 5.41) is 15.0. The molecule has 1 fully saturated rings. The van der Waals surface area contributed by atoms with Gasteiger partial charge in [-0.15, -0.1) is 0 Å². The number of carboxylic acid groups (broad SMARTS) is 1. The number of carboxylic acids is 1. The van der Waals surface area contributed by atoms with Crippen molar-refractivity contribution in [1.82, 2.24) is 5.32 Å². The van der Waals surface area contributed by atoms with E-state index in [0.29, 0.717) is 11.5 Å². The molecule has 0 saturated carbocycles. The minimum atomic E-state index is -1.10. The van der Waals surface area contributed by atoms with Crippen LogP contribution in [0, 0.1) is 0 Å². The molecule has 3 N–H and O–H groups in total. The number of carbonyl (C=O) groups excluding carboxylic acids is 1. The van der Waals surface area contributed by atoms with Crippen LogP contribution in [0.1, 0.15) is 22.3 Å². The number of hydrogen-bond donors (Lipinski definition) is 3. The molecule has 1 atom stereocenters. The van der Waals surface area contributed by atoms with Crippen LogP contribution in [-0.2, 0) is 4.79 Å². The SMILES string of the molecule is COc1cc(/C=C/C(=O)Nc2ccccc2C(=O)O)ccc1OC1CCNC1. The zero-order valence-corrected chi connectivity index (χ0v) is 15.5. The number of aromatic carboxylic acids is 1. The van der Waals surface area contributed by atoms with Crippen molar-refractivity contribution in [1.29, 1.82) is 0 Å². The molecule has 2 aromatic rings. The van der Waals surface area contributed by atoms with Crippen molar-refractivity contribution in [2.24, 2.45) is 0 Å². The van der Waals surface area contributed by atoms with E-state index in [1.165, 1.54) is 12.1 Å². The first-order valence-corrected chi connectivity index (χ1v) is 8.93. The molecule has 1 unspecified atom stereocenters. The van der Waals surface area contributed by atoms with E-state index in [-0.39, 0.29) is 17.4 Å². The molecule has 7 nitrogen and oxygen atoms in total. The molecule has 0 aromatic heterocycles. The second-order valence-corrected chi connectivity index (χ2v) is 6.32. The number of carbonyl (C=O) groups is 2. The summed E-state index contributed by atoms with van der Waals surface area (Å²) in [7, 11) is 1.57. The first-order chi connectivity index (χ1) is 13.6. The van der Waals surface area contributed by atoms with Crippen molar-refractivity contribution in [3.05, 3.63) is 59.7 Å². The minimum Gasteiger partial charge on any atom is -0.493 e. The second-order valence-electron chi connectivity index (χ2n) is 6.32. The summed E-state index contributed by atoms with van der Waals surface area (Å²) >= 11 is 0. The summed E-state index contributed by atoms with van der Waals surface area (Å²) in [6, 6.07) is 11.7. The molecule has 0 radical (unpaired) electrons. The van der Waals surface area contributed by atoms with Crippen molar-refractivity contribution < 1.29 is 24.2 Å². The van der Waals surface area contributed by atoms with Gasteiger partial charge in [-0.2, -0.15) is 0 Å². The summed E-state index contributed by atoms with van der Waals surface area (Å²) in [6.07, 6.45) is 4.04. The van der Waals surface area contributed by atoms with E-state index in [9.17, 15) is 14.7 Å². The number of para-hydroxylation sites is 1. The second kappa shape index (κ2) is 9.05. The third-order valence-corrected chi connectivity index (χ3v) is 4.34. The Hall–Kier alpha value is -3.32. The molecular formula is C21H22N2O5. The average Bonchev–Trinajstić information content (AvgIpc) is 3.20. The van der Waals surface area contributed by atoms with E-state index in [0.717, 1.165) is 25.1 Å². The standard InChI is InChI=1S/C21H22N2O5/c1-27-19-12-14(6-8-18(19)28-15-10-11-22-13-15)7-9-20(24)23-17-5-3-2-4-16(17)21(25)26/h2-9,12,15,22H,10-11,13H2,1H3,(H,23,24)(H,25,26)/b9-7+. The van der Waals surface area contributed by atoms with Crippen LogP contribution in [-0.4, -0.2) is 43.3 Å². The van der Waals surface area contributed by atoms with Gasteiger partial charge in [0.05, 0.1) is 18.4 Å². The van der Waals surface area contributed by atoms with Crippen LogP contribution >= 0.6 is 0 Å². The van der Waals surface area contributed by atoms with Gasteiger partial charge in [-0.25, -0.2) is 4.79 Å². The van der Waals surface area contributed by atoms with Crippen LogP contribution in [0.15, 0.2) is 48.5 Å². The third kappa shape index (κ3) is 4.89. The lowest BCUT2D eigenvalue weighted by atomic mass is 10.1. The quantitative estimate of drug-likeness (QED) is 0.637. The predicted molar refractivity (Wildman–Crippen MR) is 106 cm³/mol. The van der Waals surface area contributed by atoms with Crippen LogP contribution in [0.4, 0.5) is 5.69 Å². The highest BCUT2D eigenvalue weighted by Crippen LogP contribution is 2.30. The van der Waals surface area contributed by atoms with Crippen LogP contribution in [0.5, 0.6) is 11.5 Å². The minimum absolute atomic E-state index is 0.0359. The number of rotatable bonds is 7. The van der Waals surface area contributed by atoms with Crippen molar-refractivity contribution in [2.75, 3.05) is 25.5 Å². The molecule has 1 amide bonds. The molecule has 28 heavy (non-hydrogen) atoms. The molecule has 146 valence electrons. The molecule has 7 heteroatoms. The number of anilines is 1. The molecule has 1 saturated heterocycles. The third-order valence-electron chi connectivity index (χ3n) is 4.34. The molecule has 0 bridgehead atoms. The highest BCUT2D eigenvalue weighted by Gasteiger charge is 2.18. The average molecular weight is 382 g/mol. The Labute approximate surface area is 163 Å². The van der Waals surface area contributed by atoms with Gasteiger partial charge in [0.15, 0.2) is 11.5 Å². The van der Waals surface area contributed by atoms with Gasteiger partial charge >= 0.3 is 5.97 Å². The molecule has 1 aliphatic rings. The summed E-state index contributed by atoms with van der Waals surface area (Å²) in [6.45, 7) is 1.75. The molecule has 2 aromatic carbocycles. The highest BCUT2D eigenvalue weighted by molar-refractivity contribution is 6.06. The van der Waals surface area contributed by atoms with Crippen molar-refractivity contribution in [2.45, 2.75) is 12.5 Å². The van der Waals surface area contributed by atoms with Crippen molar-refractivity contribution in [3.8, 4) is 11.5 Å². The summed E-state index contributed by atoms with van der Waals surface area (Å²) in [4.78, 5) is 23.4. The molecule has 1 heterocycles. The Morgan fingerprint density at radius 3 is 2.75 bits per heavy atom. The predicted octanol–water partition coefficient (Wildman–Crippen LogP) is 2.79. The number of amides is 1. The monoisotopic (exact) mass is 382 g/mol. The van der Waals surface area contributed by atoms with Crippen LogP contribution in [0.3, 0.4) is 0 Å². The highest BCUT2D eigenvalue weighted by atomic mass is 16.5. The van der Waals surface area contributed by atoms with E-state index < -0.39 is 11.9 Å². The fourth-order valence-electron chi connectivity index (χ4n) is 2.92. The van der Waals surface area contributed by atoms with E-state index in [1.807, 2.05) is 12.1 Å². The van der Waals surface area contributed by atoms with E-state index in [4.69, 9.17) is 9.47 Å². The Morgan fingerprint density at radius 1 is 1.21 bits per heavy atom. The number of methoxy groups -OCH3 is 1. The summed E-state index contributed by atoms with van der Waals surface area (Å²) in [5.74, 6) is -0.276. The van der Waals surface area contributed by atoms with Gasteiger partial charge in [-0.1, -0.05) is 18.2 Å². The van der Waals surface area contributed by atoms with Gasteiger partial charge in [0.25, 0.3) is 0 Å². The lowest BCUT2D eigenvalue weighted by Gasteiger charge is -2.15. The molecule has 0 spiro atoms. The Morgan fingerprint density at radius 2 is 2.04 bits per heavy atom. The Bertz CT molecular complexity index is 888. The number of nitrogens with one attached hydrogen (secondary N) is 2. The Kier molecular flexibility index (Phi) is 6.29. The topological polar surface area (TPSA) is 96.9 Å². The van der Waals surface area contributed by atoms with Gasteiger partial charge in [0, 0.05) is 12.6 Å². The zero-order valence-electron chi connectivity index (χ0n) is 15.5. The summed E-state index contributed by atoms with van der Waals surface area (Å²) in [5.41, 5.74) is 1.04. The van der Waals surface area contributed by atoms with Gasteiger partial charge in [0.2, 0.25) is 5.91 Å². The van der Waals surface area contributed by atoms with Gasteiger partial charge in [-0.05, 0) is 48.9 Å². The maximum absolute atomic E-state index is 12.2. The van der Waals surface area contributed by atoms with E-state index in [2.05, 4.69) is 10.6 Å². The normalized spacial score (nSPS) is 16.1. The smallest absolute Gasteiger partial charge is 0.337 e. The lowest BCUT2D eigenvalue weighted by Crippen LogP contribution is -2.19. The first kappa shape index (κ1) is 19.4. The maximum atomic E-state index is 12.2. The van der Waals surface area contributed by atoms with E-state index >= 15 is 0 Å². The van der Waals surface area contributed by atoms with Crippen LogP contribution < -0.4 is 20.1 Å². The number of hydrogen-bond acceptors (Lipinski definition) is 5. The van der Waals surface area contributed by atoms with Gasteiger partial charge < -0.3 is 25.2 Å². The molecule has 1 aliphatic heterocycles. The van der Waals surface area contributed by atoms with Gasteiger partial charge in [0.1, 0.15) is 6.10 Å². The first-order valence-electron chi connectivity index (χ1n) is 8.93. The van der Waals surface area contributed by atoms with E-state index in [1.54, 1.807) is 37.5 Å². The zero-order chi connectivity index (χ0) is 19.9. The number of benzene rings is 2. The van der Waals surface area contributed by atoms with Crippen LogP contribution in [0.25, 0.3) is 6.08 Å². The molecule has 3 rings (SSSR count). The summed E-state index contributed by atoms with van der Waals surface area (Å²) < 4.78 is 11.3. The van der Waals surface area contributed by atoms with Crippen molar-refractivity contribution >= 4 is 23.6 Å². The fraction of sp³-hybridized carbons (Fsp3) is 0.238. The number of ether oxygens (including phenoxy) is 2. The molecule has 0 aliphatic carbocycles. The maximum Gasteiger partial charge on any atom is 0.337 e. The Balaban J connectivity index is 1.68. The van der Waals surface area contributed by atoms with Crippen molar-refractivity contribution in [3.63, 3.8) is 0 Å². The lowest BCUT2D eigenvalue weighted by molar-refractivity contribution is -0.111.